The third-order valence-electron chi connectivity index (χ3n) is 3.11. The fourth-order valence-corrected chi connectivity index (χ4v) is 2.28. The maximum Gasteiger partial charge on any atom is 0.131 e. The Hall–Kier alpha value is -1.52. The summed E-state index contributed by atoms with van der Waals surface area (Å²) in [6, 6.07) is 8.05. The van der Waals surface area contributed by atoms with Gasteiger partial charge in [0.2, 0.25) is 0 Å². The molecular formula is C15H20ClN3O. The SMILES string of the molecule is Cc1cccc(OCCNCc2c(C)nn(C)c2Cl)c1. The monoisotopic (exact) mass is 293 g/mol. The van der Waals surface area contributed by atoms with E-state index < -0.39 is 0 Å². The molecule has 2 aromatic rings. The normalized spacial score (nSPS) is 10.8. The second-order valence-electron chi connectivity index (χ2n) is 4.82. The van der Waals surface area contributed by atoms with E-state index in [9.17, 15) is 0 Å². The first-order valence-electron chi connectivity index (χ1n) is 6.66. The molecular weight excluding hydrogens is 274 g/mol. The molecule has 0 atom stereocenters. The number of rotatable bonds is 6. The minimum absolute atomic E-state index is 0.625. The molecule has 0 radical (unpaired) electrons. The predicted octanol–water partition coefficient (Wildman–Crippen LogP) is 2.86. The van der Waals surface area contributed by atoms with E-state index in [2.05, 4.69) is 23.4 Å². The Bertz CT molecular complexity index is 580. The lowest BCUT2D eigenvalue weighted by atomic mass is 10.2. The summed E-state index contributed by atoms with van der Waals surface area (Å²) in [5, 5.41) is 8.29. The van der Waals surface area contributed by atoms with Crippen LogP contribution in [0.15, 0.2) is 24.3 Å². The van der Waals surface area contributed by atoms with E-state index in [1.165, 1.54) is 5.56 Å². The van der Waals surface area contributed by atoms with Crippen LogP contribution in [0.4, 0.5) is 0 Å². The Morgan fingerprint density at radius 1 is 1.35 bits per heavy atom. The highest BCUT2D eigenvalue weighted by Gasteiger charge is 2.09. The molecule has 1 N–H and O–H groups in total. The van der Waals surface area contributed by atoms with Crippen molar-refractivity contribution in [1.29, 1.82) is 0 Å². The summed E-state index contributed by atoms with van der Waals surface area (Å²) in [6.45, 7) is 6.11. The third-order valence-corrected chi connectivity index (χ3v) is 3.58. The molecule has 0 aliphatic rings. The molecule has 5 heteroatoms. The van der Waals surface area contributed by atoms with Crippen LogP contribution in [0.25, 0.3) is 0 Å². The molecule has 0 aliphatic heterocycles. The summed E-state index contributed by atoms with van der Waals surface area (Å²) < 4.78 is 7.37. The van der Waals surface area contributed by atoms with Crippen LogP contribution in [-0.4, -0.2) is 22.9 Å². The van der Waals surface area contributed by atoms with E-state index in [1.807, 2.05) is 32.2 Å². The van der Waals surface area contributed by atoms with Crippen LogP contribution in [0.2, 0.25) is 5.15 Å². The van der Waals surface area contributed by atoms with Crippen molar-refractivity contribution in [3.8, 4) is 5.75 Å². The van der Waals surface area contributed by atoms with Gasteiger partial charge in [-0.25, -0.2) is 0 Å². The average molecular weight is 294 g/mol. The van der Waals surface area contributed by atoms with Crippen molar-refractivity contribution < 1.29 is 4.74 Å². The Balaban J connectivity index is 1.74. The molecule has 0 fully saturated rings. The summed E-state index contributed by atoms with van der Waals surface area (Å²) in [5.74, 6) is 0.905. The van der Waals surface area contributed by atoms with Gasteiger partial charge in [-0.1, -0.05) is 23.7 Å². The number of hydrogen-bond acceptors (Lipinski definition) is 3. The maximum atomic E-state index is 6.17. The number of benzene rings is 1. The number of halogens is 1. The smallest absolute Gasteiger partial charge is 0.131 e. The van der Waals surface area contributed by atoms with Crippen LogP contribution in [0.3, 0.4) is 0 Å². The second kappa shape index (κ2) is 6.77. The van der Waals surface area contributed by atoms with Gasteiger partial charge in [-0.15, -0.1) is 0 Å². The number of ether oxygens (including phenoxy) is 1. The van der Waals surface area contributed by atoms with E-state index in [1.54, 1.807) is 4.68 Å². The molecule has 0 spiro atoms. The lowest BCUT2D eigenvalue weighted by Gasteiger charge is -2.08. The molecule has 4 nitrogen and oxygen atoms in total. The van der Waals surface area contributed by atoms with E-state index in [0.29, 0.717) is 18.3 Å². The van der Waals surface area contributed by atoms with Gasteiger partial charge in [-0.3, -0.25) is 4.68 Å². The summed E-state index contributed by atoms with van der Waals surface area (Å²) in [4.78, 5) is 0. The van der Waals surface area contributed by atoms with Crippen LogP contribution in [-0.2, 0) is 13.6 Å². The molecule has 0 amide bonds. The van der Waals surface area contributed by atoms with Gasteiger partial charge in [0.05, 0.1) is 5.69 Å². The molecule has 1 heterocycles. The number of nitrogens with one attached hydrogen (secondary N) is 1. The zero-order chi connectivity index (χ0) is 14.5. The van der Waals surface area contributed by atoms with Crippen molar-refractivity contribution in [1.82, 2.24) is 15.1 Å². The van der Waals surface area contributed by atoms with Gasteiger partial charge in [0.1, 0.15) is 17.5 Å². The van der Waals surface area contributed by atoms with Crippen molar-refractivity contribution in [2.24, 2.45) is 7.05 Å². The lowest BCUT2D eigenvalue weighted by Crippen LogP contribution is -2.21. The molecule has 108 valence electrons. The van der Waals surface area contributed by atoms with E-state index in [4.69, 9.17) is 16.3 Å². The Labute approximate surface area is 124 Å². The predicted molar refractivity (Wildman–Crippen MR) is 81.3 cm³/mol. The highest BCUT2D eigenvalue weighted by Crippen LogP contribution is 2.18. The summed E-state index contributed by atoms with van der Waals surface area (Å²) in [5.41, 5.74) is 3.21. The summed E-state index contributed by atoms with van der Waals surface area (Å²) in [6.07, 6.45) is 0. The van der Waals surface area contributed by atoms with Gasteiger partial charge in [-0.05, 0) is 31.5 Å². The van der Waals surface area contributed by atoms with Gasteiger partial charge < -0.3 is 10.1 Å². The fourth-order valence-electron chi connectivity index (χ4n) is 2.03. The summed E-state index contributed by atoms with van der Waals surface area (Å²) in [7, 11) is 1.85. The minimum Gasteiger partial charge on any atom is -0.492 e. The van der Waals surface area contributed by atoms with Gasteiger partial charge >= 0.3 is 0 Å². The van der Waals surface area contributed by atoms with Crippen LogP contribution < -0.4 is 10.1 Å². The Kier molecular flexibility index (Phi) is 5.04. The third kappa shape index (κ3) is 3.74. The van der Waals surface area contributed by atoms with Gasteiger partial charge in [0, 0.05) is 25.7 Å². The van der Waals surface area contributed by atoms with Crippen LogP contribution in [0, 0.1) is 13.8 Å². The first-order chi connectivity index (χ1) is 9.58. The van der Waals surface area contributed by atoms with Crippen molar-refractivity contribution in [3.63, 3.8) is 0 Å². The van der Waals surface area contributed by atoms with Crippen molar-refractivity contribution in [2.45, 2.75) is 20.4 Å². The van der Waals surface area contributed by atoms with Gasteiger partial charge in [-0.2, -0.15) is 5.10 Å². The maximum absolute atomic E-state index is 6.17. The molecule has 1 aromatic carbocycles. The van der Waals surface area contributed by atoms with Crippen LogP contribution in [0.5, 0.6) is 5.75 Å². The Morgan fingerprint density at radius 2 is 2.15 bits per heavy atom. The quantitative estimate of drug-likeness (QED) is 0.833. The number of nitrogens with zero attached hydrogens (tertiary/aromatic N) is 2. The van der Waals surface area contributed by atoms with E-state index >= 15 is 0 Å². The Morgan fingerprint density at radius 3 is 2.80 bits per heavy atom. The van der Waals surface area contributed by atoms with Gasteiger partial charge in [0.15, 0.2) is 0 Å². The largest absolute Gasteiger partial charge is 0.492 e. The highest BCUT2D eigenvalue weighted by atomic mass is 35.5. The molecule has 0 saturated heterocycles. The molecule has 20 heavy (non-hydrogen) atoms. The lowest BCUT2D eigenvalue weighted by molar-refractivity contribution is 0.313. The van der Waals surface area contributed by atoms with E-state index in [0.717, 1.165) is 23.6 Å². The summed E-state index contributed by atoms with van der Waals surface area (Å²) >= 11 is 6.17. The van der Waals surface area contributed by atoms with Crippen LogP contribution >= 0.6 is 11.6 Å². The number of aryl methyl sites for hydroxylation is 3. The van der Waals surface area contributed by atoms with Crippen molar-refractivity contribution in [3.05, 3.63) is 46.2 Å². The average Bonchev–Trinajstić information content (AvgIpc) is 2.64. The molecule has 0 unspecified atom stereocenters. The van der Waals surface area contributed by atoms with Crippen molar-refractivity contribution in [2.75, 3.05) is 13.2 Å². The molecule has 0 saturated carbocycles. The fraction of sp³-hybridized carbons (Fsp3) is 0.400. The molecule has 2 rings (SSSR count). The van der Waals surface area contributed by atoms with Gasteiger partial charge in [0.25, 0.3) is 0 Å². The first-order valence-corrected chi connectivity index (χ1v) is 7.04. The standard InChI is InChI=1S/C15H20ClN3O/c1-11-5-4-6-13(9-11)20-8-7-17-10-14-12(2)18-19(3)15(14)16/h4-6,9,17H,7-8,10H2,1-3H3. The second-order valence-corrected chi connectivity index (χ2v) is 5.18. The number of hydrogen-bond donors (Lipinski definition) is 1. The minimum atomic E-state index is 0.625. The van der Waals surface area contributed by atoms with Crippen molar-refractivity contribution >= 4 is 11.6 Å². The topological polar surface area (TPSA) is 39.1 Å². The zero-order valence-electron chi connectivity index (χ0n) is 12.1. The van der Waals surface area contributed by atoms with Crippen LogP contribution in [0.1, 0.15) is 16.8 Å². The van der Waals surface area contributed by atoms with E-state index in [-0.39, 0.29) is 0 Å². The highest BCUT2D eigenvalue weighted by molar-refractivity contribution is 6.30. The zero-order valence-corrected chi connectivity index (χ0v) is 12.9. The molecule has 1 aromatic heterocycles. The molecule has 0 bridgehead atoms. The molecule has 0 aliphatic carbocycles. The first kappa shape index (κ1) is 14.9. The number of aromatic nitrogens is 2.